The van der Waals surface area contributed by atoms with E-state index in [0.717, 1.165) is 25.2 Å². The summed E-state index contributed by atoms with van der Waals surface area (Å²) in [5.74, 6) is 2.32. The number of amides is 1. The number of aryl methyl sites for hydroxylation is 1. The van der Waals surface area contributed by atoms with Crippen LogP contribution in [-0.4, -0.2) is 45.7 Å². The zero-order valence-corrected chi connectivity index (χ0v) is 14.6. The van der Waals surface area contributed by atoms with E-state index in [2.05, 4.69) is 9.55 Å². The van der Waals surface area contributed by atoms with Crippen LogP contribution in [0.4, 0.5) is 0 Å². The smallest absolute Gasteiger partial charge is 0.267 e. The minimum atomic E-state index is -0.600. The Labute approximate surface area is 147 Å². The molecule has 132 valence electrons. The van der Waals surface area contributed by atoms with Crippen molar-refractivity contribution in [3.8, 4) is 11.5 Å². The molecule has 0 radical (unpaired) electrons. The predicted molar refractivity (Wildman–Crippen MR) is 92.8 cm³/mol. The molecule has 2 aromatic rings. The van der Waals surface area contributed by atoms with Crippen LogP contribution in [0, 0.1) is 6.92 Å². The van der Waals surface area contributed by atoms with Crippen LogP contribution >= 0.6 is 0 Å². The molecule has 3 unspecified atom stereocenters. The zero-order valence-electron chi connectivity index (χ0n) is 14.6. The summed E-state index contributed by atoms with van der Waals surface area (Å²) < 4.78 is 14.0. The van der Waals surface area contributed by atoms with E-state index in [4.69, 9.17) is 9.47 Å². The van der Waals surface area contributed by atoms with Crippen LogP contribution in [0.5, 0.6) is 11.5 Å². The van der Waals surface area contributed by atoms with Gasteiger partial charge in [-0.25, -0.2) is 4.98 Å². The number of para-hydroxylation sites is 2. The maximum absolute atomic E-state index is 13.1. The average molecular weight is 341 g/mol. The number of fused-ring (bicyclic) bond motifs is 1. The van der Waals surface area contributed by atoms with Crippen LogP contribution < -0.4 is 9.47 Å². The fraction of sp³-hybridized carbons (Fsp3) is 0.474. The molecule has 0 spiro atoms. The van der Waals surface area contributed by atoms with E-state index >= 15 is 0 Å². The van der Waals surface area contributed by atoms with Gasteiger partial charge in [0.1, 0.15) is 11.9 Å². The number of likely N-dealkylation sites (tertiary alicyclic amines) is 1. The van der Waals surface area contributed by atoms with Crippen molar-refractivity contribution < 1.29 is 14.3 Å². The molecule has 0 bridgehead atoms. The number of ether oxygens (including phenoxy) is 2. The second-order valence-electron chi connectivity index (χ2n) is 6.77. The summed E-state index contributed by atoms with van der Waals surface area (Å²) >= 11 is 0. The van der Waals surface area contributed by atoms with Crippen molar-refractivity contribution >= 4 is 5.91 Å². The molecule has 4 rings (SSSR count). The van der Waals surface area contributed by atoms with Gasteiger partial charge in [-0.2, -0.15) is 0 Å². The monoisotopic (exact) mass is 341 g/mol. The van der Waals surface area contributed by atoms with Crippen LogP contribution in [0.15, 0.2) is 36.7 Å². The topological polar surface area (TPSA) is 56.6 Å². The molecular weight excluding hydrogens is 318 g/mol. The number of benzene rings is 1. The van der Waals surface area contributed by atoms with E-state index < -0.39 is 6.10 Å². The Morgan fingerprint density at radius 3 is 2.72 bits per heavy atom. The van der Waals surface area contributed by atoms with Gasteiger partial charge in [-0.3, -0.25) is 4.79 Å². The molecular formula is C19H23N3O3. The Hall–Kier alpha value is -2.50. The highest BCUT2D eigenvalue weighted by atomic mass is 16.6. The molecule has 6 heteroatoms. The first-order valence-corrected chi connectivity index (χ1v) is 8.84. The molecule has 25 heavy (non-hydrogen) atoms. The number of aromatic nitrogens is 2. The average Bonchev–Trinajstić information content (AvgIpc) is 3.06. The third-order valence-electron chi connectivity index (χ3n) is 5.05. The highest BCUT2D eigenvalue weighted by molar-refractivity contribution is 5.82. The van der Waals surface area contributed by atoms with Gasteiger partial charge in [0, 0.05) is 25.5 Å². The predicted octanol–water partition coefficient (Wildman–Crippen LogP) is 2.58. The lowest BCUT2D eigenvalue weighted by molar-refractivity contribution is -0.146. The molecule has 6 nitrogen and oxygen atoms in total. The maximum atomic E-state index is 13.1. The van der Waals surface area contributed by atoms with Gasteiger partial charge in [-0.05, 0) is 38.8 Å². The minimum absolute atomic E-state index is 0.00414. The molecule has 1 saturated heterocycles. The molecule has 0 saturated carbocycles. The summed E-state index contributed by atoms with van der Waals surface area (Å²) in [5, 5.41) is 0. The molecule has 2 aliphatic rings. The Kier molecular flexibility index (Phi) is 4.11. The van der Waals surface area contributed by atoms with Crippen molar-refractivity contribution in [3.63, 3.8) is 0 Å². The number of hydrogen-bond acceptors (Lipinski definition) is 4. The number of imidazole rings is 1. The lowest BCUT2D eigenvalue weighted by atomic mass is 10.0. The first-order chi connectivity index (χ1) is 12.1. The Morgan fingerprint density at radius 1 is 1.24 bits per heavy atom. The molecule has 3 atom stereocenters. The highest BCUT2D eigenvalue weighted by Gasteiger charge is 2.38. The molecule has 1 fully saturated rings. The van der Waals surface area contributed by atoms with Gasteiger partial charge >= 0.3 is 0 Å². The highest BCUT2D eigenvalue weighted by Crippen LogP contribution is 2.34. The molecule has 1 amide bonds. The first kappa shape index (κ1) is 16.0. The van der Waals surface area contributed by atoms with E-state index in [0.29, 0.717) is 18.0 Å². The van der Waals surface area contributed by atoms with Crippen molar-refractivity contribution in [1.29, 1.82) is 0 Å². The van der Waals surface area contributed by atoms with Crippen molar-refractivity contribution in [1.82, 2.24) is 14.5 Å². The minimum Gasteiger partial charge on any atom is -0.482 e. The number of nitrogens with zero attached hydrogens (tertiary/aromatic N) is 3. The van der Waals surface area contributed by atoms with E-state index in [1.807, 2.05) is 55.4 Å². The summed E-state index contributed by atoms with van der Waals surface area (Å²) in [6, 6.07) is 7.77. The summed E-state index contributed by atoms with van der Waals surface area (Å²) in [6.45, 7) is 5.33. The number of carbonyl (C=O) groups excluding carboxylic acids is 1. The van der Waals surface area contributed by atoms with E-state index in [-0.39, 0.29) is 18.1 Å². The van der Waals surface area contributed by atoms with Crippen LogP contribution in [0.1, 0.15) is 31.6 Å². The van der Waals surface area contributed by atoms with E-state index in [9.17, 15) is 4.79 Å². The quantitative estimate of drug-likeness (QED) is 0.842. The lowest BCUT2D eigenvalue weighted by Crippen LogP contribution is -2.53. The largest absolute Gasteiger partial charge is 0.482 e. The summed E-state index contributed by atoms with van der Waals surface area (Å²) in [6.07, 6.45) is 4.93. The SMILES string of the molecule is Cc1nccn1C1CCCN(C(=O)C2Oc3ccccc3OC2C)C1. The fourth-order valence-corrected chi connectivity index (χ4v) is 3.73. The molecule has 2 aliphatic heterocycles. The fourth-order valence-electron chi connectivity index (χ4n) is 3.73. The van der Waals surface area contributed by atoms with Gasteiger partial charge in [0.25, 0.3) is 5.91 Å². The second kappa shape index (κ2) is 6.43. The number of hydrogen-bond donors (Lipinski definition) is 0. The standard InChI is InChI=1S/C19H23N3O3/c1-13-18(25-17-8-4-3-7-16(17)24-13)19(23)21-10-5-6-15(12-21)22-11-9-20-14(22)2/h3-4,7-9,11,13,15,18H,5-6,10,12H2,1-2H3. The molecule has 1 aromatic carbocycles. The molecule has 0 aliphatic carbocycles. The Morgan fingerprint density at radius 2 is 2.00 bits per heavy atom. The van der Waals surface area contributed by atoms with Crippen molar-refractivity contribution in [2.75, 3.05) is 13.1 Å². The Bertz CT molecular complexity index is 773. The first-order valence-electron chi connectivity index (χ1n) is 8.84. The molecule has 0 N–H and O–H groups in total. The lowest BCUT2D eigenvalue weighted by Gasteiger charge is -2.38. The molecule has 1 aromatic heterocycles. The van der Waals surface area contributed by atoms with E-state index in [1.165, 1.54) is 0 Å². The van der Waals surface area contributed by atoms with Gasteiger partial charge in [0.05, 0.1) is 6.04 Å². The van der Waals surface area contributed by atoms with Crippen LogP contribution in [0.2, 0.25) is 0 Å². The van der Waals surface area contributed by atoms with Gasteiger partial charge in [-0.15, -0.1) is 0 Å². The van der Waals surface area contributed by atoms with Crippen LogP contribution in [0.3, 0.4) is 0 Å². The van der Waals surface area contributed by atoms with Crippen LogP contribution in [0.25, 0.3) is 0 Å². The summed E-state index contributed by atoms with van der Waals surface area (Å²) in [7, 11) is 0. The van der Waals surface area contributed by atoms with Crippen molar-refractivity contribution in [3.05, 3.63) is 42.5 Å². The van der Waals surface area contributed by atoms with Gasteiger partial charge in [0.2, 0.25) is 6.10 Å². The normalized spacial score (nSPS) is 25.7. The van der Waals surface area contributed by atoms with E-state index in [1.54, 1.807) is 0 Å². The maximum Gasteiger partial charge on any atom is 0.267 e. The zero-order chi connectivity index (χ0) is 17.4. The number of piperidine rings is 1. The number of carbonyl (C=O) groups is 1. The van der Waals surface area contributed by atoms with Gasteiger partial charge in [0.15, 0.2) is 11.5 Å². The van der Waals surface area contributed by atoms with Gasteiger partial charge in [-0.1, -0.05) is 12.1 Å². The third-order valence-corrected chi connectivity index (χ3v) is 5.05. The third kappa shape index (κ3) is 2.97. The van der Waals surface area contributed by atoms with Gasteiger partial charge < -0.3 is 18.9 Å². The second-order valence-corrected chi connectivity index (χ2v) is 6.77. The summed E-state index contributed by atoms with van der Waals surface area (Å²) in [5.41, 5.74) is 0. The van der Waals surface area contributed by atoms with Crippen molar-refractivity contribution in [2.45, 2.75) is 44.9 Å². The van der Waals surface area contributed by atoms with Crippen molar-refractivity contribution in [2.24, 2.45) is 0 Å². The number of rotatable bonds is 2. The summed E-state index contributed by atoms with van der Waals surface area (Å²) in [4.78, 5) is 19.3. The Balaban J connectivity index is 1.50. The molecule has 3 heterocycles. The van der Waals surface area contributed by atoms with Crippen LogP contribution in [-0.2, 0) is 4.79 Å².